The molecule has 0 aliphatic heterocycles. The van der Waals surface area contributed by atoms with E-state index in [0.717, 1.165) is 19.3 Å². The summed E-state index contributed by atoms with van der Waals surface area (Å²) in [5.74, 6) is 0.275. The second-order valence-electron chi connectivity index (χ2n) is 8.73. The SMILES string of the molecule is CCCCCCCCCCCCC(Oc1ccc(N(C)S(=O)(=O)CCCC)cc1)C(=O)OC. The molecule has 0 radical (unpaired) electrons. The van der Waals surface area contributed by atoms with Gasteiger partial charge in [-0.1, -0.05) is 78.1 Å². The van der Waals surface area contributed by atoms with Crippen LogP contribution in [0.1, 0.15) is 97.3 Å². The van der Waals surface area contributed by atoms with Crippen molar-refractivity contribution in [3.05, 3.63) is 24.3 Å². The fourth-order valence-electron chi connectivity index (χ4n) is 3.70. The molecule has 0 fully saturated rings. The molecule has 0 bridgehead atoms. The van der Waals surface area contributed by atoms with Gasteiger partial charge in [0.05, 0.1) is 18.6 Å². The van der Waals surface area contributed by atoms with Gasteiger partial charge in [-0.25, -0.2) is 13.2 Å². The van der Waals surface area contributed by atoms with Crippen LogP contribution in [0.5, 0.6) is 5.75 Å². The smallest absolute Gasteiger partial charge is 0.347 e. The van der Waals surface area contributed by atoms with E-state index in [9.17, 15) is 13.2 Å². The Kier molecular flexibility index (Phi) is 14.9. The Balaban J connectivity index is 2.48. The maximum Gasteiger partial charge on any atom is 0.347 e. The molecule has 0 aromatic heterocycles. The Labute approximate surface area is 202 Å². The van der Waals surface area contributed by atoms with Gasteiger partial charge in [-0.15, -0.1) is 0 Å². The highest BCUT2D eigenvalue weighted by Crippen LogP contribution is 2.23. The van der Waals surface area contributed by atoms with Crippen molar-refractivity contribution in [2.75, 3.05) is 24.2 Å². The summed E-state index contributed by atoms with van der Waals surface area (Å²) in [6.07, 6.45) is 13.7. The lowest BCUT2D eigenvalue weighted by Crippen LogP contribution is -2.29. The summed E-state index contributed by atoms with van der Waals surface area (Å²) in [5, 5.41) is 0. The highest BCUT2D eigenvalue weighted by atomic mass is 32.2. The van der Waals surface area contributed by atoms with E-state index >= 15 is 0 Å². The molecule has 0 aliphatic rings. The van der Waals surface area contributed by atoms with E-state index in [1.54, 1.807) is 31.3 Å². The van der Waals surface area contributed by atoms with Gasteiger partial charge in [0.25, 0.3) is 0 Å². The van der Waals surface area contributed by atoms with Crippen LogP contribution in [0.3, 0.4) is 0 Å². The molecule has 1 unspecified atom stereocenters. The fraction of sp³-hybridized carbons (Fsp3) is 0.731. The molecular weight excluding hydrogens is 438 g/mol. The molecular formula is C26H45NO5S. The first-order chi connectivity index (χ1) is 15.9. The minimum atomic E-state index is -3.34. The van der Waals surface area contributed by atoms with E-state index in [4.69, 9.17) is 9.47 Å². The molecule has 0 N–H and O–H groups in total. The predicted molar refractivity (Wildman–Crippen MR) is 136 cm³/mol. The third-order valence-electron chi connectivity index (χ3n) is 5.94. The molecule has 7 heteroatoms. The van der Waals surface area contributed by atoms with Gasteiger partial charge in [0.1, 0.15) is 5.75 Å². The maximum absolute atomic E-state index is 12.4. The number of carbonyl (C=O) groups is 1. The Morgan fingerprint density at radius 1 is 0.848 bits per heavy atom. The summed E-state index contributed by atoms with van der Waals surface area (Å²) in [6, 6.07) is 6.81. The molecule has 0 saturated heterocycles. The van der Waals surface area contributed by atoms with Gasteiger partial charge in [-0.2, -0.15) is 0 Å². The first kappa shape index (κ1) is 29.3. The standard InChI is InChI=1S/C26H45NO5S/c1-5-7-9-10-11-12-13-14-15-16-17-25(26(28)31-4)32-24-20-18-23(19-21-24)27(3)33(29,30)22-8-6-2/h18-21,25H,5-17,22H2,1-4H3. The number of hydrogen-bond donors (Lipinski definition) is 0. The number of nitrogens with zero attached hydrogens (tertiary/aromatic N) is 1. The monoisotopic (exact) mass is 483 g/mol. The Bertz CT molecular complexity index is 748. The number of ether oxygens (including phenoxy) is 2. The lowest BCUT2D eigenvalue weighted by molar-refractivity contribution is -0.149. The van der Waals surface area contributed by atoms with Gasteiger partial charge in [-0.3, -0.25) is 4.31 Å². The van der Waals surface area contributed by atoms with Gasteiger partial charge >= 0.3 is 5.97 Å². The Morgan fingerprint density at radius 3 is 1.88 bits per heavy atom. The van der Waals surface area contributed by atoms with Crippen LogP contribution in [0.25, 0.3) is 0 Å². The van der Waals surface area contributed by atoms with Gasteiger partial charge < -0.3 is 9.47 Å². The summed E-state index contributed by atoms with van der Waals surface area (Å²) in [6.45, 7) is 4.20. The summed E-state index contributed by atoms with van der Waals surface area (Å²) in [4.78, 5) is 12.2. The summed E-state index contributed by atoms with van der Waals surface area (Å²) in [7, 11) is -0.408. The van der Waals surface area contributed by atoms with Crippen LogP contribution in [0.2, 0.25) is 0 Å². The van der Waals surface area contributed by atoms with E-state index < -0.39 is 16.1 Å². The number of esters is 1. The molecule has 0 amide bonds. The van der Waals surface area contributed by atoms with Crippen molar-refractivity contribution in [1.82, 2.24) is 0 Å². The second kappa shape index (κ2) is 16.8. The first-order valence-electron chi connectivity index (χ1n) is 12.7. The van der Waals surface area contributed by atoms with Gasteiger partial charge in [0, 0.05) is 7.05 Å². The number of sulfonamides is 1. The van der Waals surface area contributed by atoms with Crippen molar-refractivity contribution >= 4 is 21.7 Å². The van der Waals surface area contributed by atoms with Crippen molar-refractivity contribution in [2.45, 2.75) is 103 Å². The molecule has 6 nitrogen and oxygen atoms in total. The molecule has 33 heavy (non-hydrogen) atoms. The van der Waals surface area contributed by atoms with Crippen LogP contribution in [0, 0.1) is 0 Å². The fourth-order valence-corrected chi connectivity index (χ4v) is 5.07. The average Bonchev–Trinajstić information content (AvgIpc) is 2.82. The zero-order chi connectivity index (χ0) is 24.5. The zero-order valence-electron chi connectivity index (χ0n) is 21.2. The number of methoxy groups -OCH3 is 1. The maximum atomic E-state index is 12.4. The van der Waals surface area contributed by atoms with E-state index in [1.807, 2.05) is 6.92 Å². The van der Waals surface area contributed by atoms with Gasteiger partial charge in [-0.05, 0) is 43.5 Å². The van der Waals surface area contributed by atoms with Crippen LogP contribution < -0.4 is 9.04 Å². The topological polar surface area (TPSA) is 72.9 Å². The molecule has 0 spiro atoms. The van der Waals surface area contributed by atoms with Crippen LogP contribution in [0.15, 0.2) is 24.3 Å². The average molecular weight is 484 g/mol. The third-order valence-corrected chi connectivity index (χ3v) is 7.79. The lowest BCUT2D eigenvalue weighted by Gasteiger charge is -2.21. The molecule has 0 aliphatic carbocycles. The molecule has 0 saturated carbocycles. The Hall–Kier alpha value is -1.76. The molecule has 1 atom stereocenters. The van der Waals surface area contributed by atoms with Gasteiger partial charge in [0.2, 0.25) is 10.0 Å². The number of rotatable bonds is 19. The van der Waals surface area contributed by atoms with Crippen molar-refractivity contribution in [3.63, 3.8) is 0 Å². The van der Waals surface area contributed by atoms with Crippen LogP contribution in [-0.2, 0) is 19.6 Å². The van der Waals surface area contributed by atoms with Crippen molar-refractivity contribution < 1.29 is 22.7 Å². The molecule has 1 rings (SSSR count). The van der Waals surface area contributed by atoms with E-state index in [2.05, 4.69) is 6.92 Å². The van der Waals surface area contributed by atoms with Crippen molar-refractivity contribution in [1.29, 1.82) is 0 Å². The van der Waals surface area contributed by atoms with Crippen molar-refractivity contribution in [2.24, 2.45) is 0 Å². The second-order valence-corrected chi connectivity index (χ2v) is 10.9. The van der Waals surface area contributed by atoms with E-state index in [0.29, 0.717) is 24.3 Å². The largest absolute Gasteiger partial charge is 0.479 e. The summed E-state index contributed by atoms with van der Waals surface area (Å²) >= 11 is 0. The number of benzene rings is 1. The number of carbonyl (C=O) groups excluding carboxylic acids is 1. The summed E-state index contributed by atoms with van der Waals surface area (Å²) in [5.41, 5.74) is 0.572. The molecule has 1 aromatic carbocycles. The van der Waals surface area contributed by atoms with E-state index in [1.165, 1.54) is 62.8 Å². The quantitative estimate of drug-likeness (QED) is 0.166. The third kappa shape index (κ3) is 11.8. The normalized spacial score (nSPS) is 12.4. The Morgan fingerprint density at radius 2 is 1.36 bits per heavy atom. The minimum absolute atomic E-state index is 0.127. The van der Waals surface area contributed by atoms with Gasteiger partial charge in [0.15, 0.2) is 6.10 Å². The summed E-state index contributed by atoms with van der Waals surface area (Å²) < 4.78 is 36.9. The number of anilines is 1. The molecule has 1 aromatic rings. The lowest BCUT2D eigenvalue weighted by atomic mass is 10.0. The van der Waals surface area contributed by atoms with Crippen LogP contribution >= 0.6 is 0 Å². The zero-order valence-corrected chi connectivity index (χ0v) is 22.0. The minimum Gasteiger partial charge on any atom is -0.479 e. The highest BCUT2D eigenvalue weighted by molar-refractivity contribution is 7.92. The molecule has 0 heterocycles. The number of unbranched alkanes of at least 4 members (excludes halogenated alkanes) is 10. The van der Waals surface area contributed by atoms with Crippen LogP contribution in [0.4, 0.5) is 5.69 Å². The van der Waals surface area contributed by atoms with E-state index in [-0.39, 0.29) is 11.7 Å². The van der Waals surface area contributed by atoms with Crippen LogP contribution in [-0.4, -0.2) is 40.4 Å². The highest BCUT2D eigenvalue weighted by Gasteiger charge is 2.22. The predicted octanol–water partition coefficient (Wildman–Crippen LogP) is 6.48. The number of hydrogen-bond acceptors (Lipinski definition) is 5. The molecule has 190 valence electrons. The van der Waals surface area contributed by atoms with Crippen molar-refractivity contribution in [3.8, 4) is 5.75 Å². The first-order valence-corrected chi connectivity index (χ1v) is 14.3.